The Kier molecular flexibility index (Phi) is 3.31. The van der Waals surface area contributed by atoms with Crippen LogP contribution in [0.25, 0.3) is 0 Å². The molecule has 0 bridgehead atoms. The SMILES string of the molecule is [CH2]Oc1ccc(CC(=O)OC)cc1. The summed E-state index contributed by atoms with van der Waals surface area (Å²) in [5, 5.41) is 0. The highest BCUT2D eigenvalue weighted by atomic mass is 16.5. The summed E-state index contributed by atoms with van der Waals surface area (Å²) in [6, 6.07) is 7.12. The number of carbonyl (C=O) groups is 1. The van der Waals surface area contributed by atoms with Crippen LogP contribution in [0, 0.1) is 7.11 Å². The molecule has 0 aliphatic carbocycles. The predicted molar refractivity (Wildman–Crippen MR) is 48.1 cm³/mol. The molecule has 13 heavy (non-hydrogen) atoms. The van der Waals surface area contributed by atoms with Crippen LogP contribution in [0.15, 0.2) is 24.3 Å². The van der Waals surface area contributed by atoms with Crippen molar-refractivity contribution in [1.29, 1.82) is 0 Å². The number of carbonyl (C=O) groups excluding carboxylic acids is 1. The van der Waals surface area contributed by atoms with Gasteiger partial charge in [-0.15, -0.1) is 0 Å². The van der Waals surface area contributed by atoms with E-state index in [9.17, 15) is 4.79 Å². The number of methoxy groups -OCH3 is 1. The maximum atomic E-state index is 10.9. The highest BCUT2D eigenvalue weighted by molar-refractivity contribution is 5.72. The first-order valence-corrected chi connectivity index (χ1v) is 3.84. The van der Waals surface area contributed by atoms with Crippen LogP contribution >= 0.6 is 0 Å². The fraction of sp³-hybridized carbons (Fsp3) is 0.200. The molecule has 0 aliphatic heterocycles. The van der Waals surface area contributed by atoms with Crippen LogP contribution in [0.5, 0.6) is 5.75 Å². The van der Waals surface area contributed by atoms with Crippen LogP contribution in [-0.4, -0.2) is 13.1 Å². The third-order valence-electron chi connectivity index (χ3n) is 1.67. The normalized spacial score (nSPS) is 9.38. The maximum Gasteiger partial charge on any atom is 0.309 e. The standard InChI is InChI=1S/C10H11O3/c1-12-9-5-3-8(4-6-9)7-10(11)13-2/h3-6H,1,7H2,2H3. The third-order valence-corrected chi connectivity index (χ3v) is 1.67. The first kappa shape index (κ1) is 9.58. The van der Waals surface area contributed by atoms with Gasteiger partial charge in [0.15, 0.2) is 0 Å². The van der Waals surface area contributed by atoms with Crippen LogP contribution in [0.1, 0.15) is 5.56 Å². The number of hydrogen-bond donors (Lipinski definition) is 0. The molecule has 0 saturated heterocycles. The Bertz CT molecular complexity index is 277. The van der Waals surface area contributed by atoms with Gasteiger partial charge < -0.3 is 9.47 Å². The quantitative estimate of drug-likeness (QED) is 0.661. The summed E-state index contributed by atoms with van der Waals surface area (Å²) in [6.07, 6.45) is 0.286. The Hall–Kier alpha value is -1.51. The van der Waals surface area contributed by atoms with Gasteiger partial charge in [0.1, 0.15) is 12.9 Å². The van der Waals surface area contributed by atoms with Crippen molar-refractivity contribution < 1.29 is 14.3 Å². The van der Waals surface area contributed by atoms with Gasteiger partial charge in [0.25, 0.3) is 0 Å². The van der Waals surface area contributed by atoms with Gasteiger partial charge in [-0.05, 0) is 17.7 Å². The van der Waals surface area contributed by atoms with Crippen molar-refractivity contribution in [3.8, 4) is 5.75 Å². The van der Waals surface area contributed by atoms with Crippen molar-refractivity contribution in [3.05, 3.63) is 36.9 Å². The molecule has 0 aliphatic rings. The average Bonchev–Trinajstić information content (AvgIpc) is 2.19. The predicted octanol–water partition coefficient (Wildman–Crippen LogP) is 1.57. The molecule has 0 aromatic heterocycles. The minimum Gasteiger partial charge on any atom is -0.490 e. The fourth-order valence-corrected chi connectivity index (χ4v) is 0.942. The van der Waals surface area contributed by atoms with Gasteiger partial charge in [0, 0.05) is 0 Å². The van der Waals surface area contributed by atoms with E-state index in [-0.39, 0.29) is 12.4 Å². The molecular formula is C10H11O3. The molecule has 3 heteroatoms. The Labute approximate surface area is 77.3 Å². The molecule has 0 saturated carbocycles. The lowest BCUT2D eigenvalue weighted by molar-refractivity contribution is -0.139. The zero-order chi connectivity index (χ0) is 9.68. The zero-order valence-corrected chi connectivity index (χ0v) is 7.45. The van der Waals surface area contributed by atoms with Gasteiger partial charge in [-0.25, -0.2) is 0 Å². The summed E-state index contributed by atoms with van der Waals surface area (Å²) >= 11 is 0. The van der Waals surface area contributed by atoms with Gasteiger partial charge >= 0.3 is 5.97 Å². The maximum absolute atomic E-state index is 10.9. The lowest BCUT2D eigenvalue weighted by Crippen LogP contribution is -2.03. The van der Waals surface area contributed by atoms with Crippen LogP contribution in [-0.2, 0) is 16.0 Å². The molecule has 1 radical (unpaired) electrons. The van der Waals surface area contributed by atoms with E-state index in [1.807, 2.05) is 0 Å². The molecule has 0 unspecified atom stereocenters. The summed E-state index contributed by atoms with van der Waals surface area (Å²) in [5.41, 5.74) is 0.896. The number of hydrogen-bond acceptors (Lipinski definition) is 3. The summed E-state index contributed by atoms with van der Waals surface area (Å²) < 4.78 is 9.26. The average molecular weight is 179 g/mol. The van der Waals surface area contributed by atoms with Crippen molar-refractivity contribution in [3.63, 3.8) is 0 Å². The molecule has 69 valence electrons. The summed E-state index contributed by atoms with van der Waals surface area (Å²) in [7, 11) is 4.64. The Morgan fingerprint density at radius 2 is 2.00 bits per heavy atom. The second kappa shape index (κ2) is 4.50. The lowest BCUT2D eigenvalue weighted by Gasteiger charge is -2.01. The van der Waals surface area contributed by atoms with E-state index in [0.29, 0.717) is 5.75 Å². The molecule has 0 atom stereocenters. The molecule has 0 spiro atoms. The molecule has 1 rings (SSSR count). The molecule has 1 aromatic rings. The first-order valence-electron chi connectivity index (χ1n) is 3.84. The molecule has 0 amide bonds. The molecule has 0 N–H and O–H groups in total. The smallest absolute Gasteiger partial charge is 0.309 e. The Morgan fingerprint density at radius 3 is 2.46 bits per heavy atom. The largest absolute Gasteiger partial charge is 0.490 e. The van der Waals surface area contributed by atoms with E-state index in [4.69, 9.17) is 4.74 Å². The summed E-state index contributed by atoms with van der Waals surface area (Å²) in [5.74, 6) is 0.428. The molecule has 1 aromatic carbocycles. The van der Waals surface area contributed by atoms with E-state index >= 15 is 0 Å². The Balaban J connectivity index is 2.64. The van der Waals surface area contributed by atoms with Crippen molar-refractivity contribution in [2.75, 3.05) is 7.11 Å². The highest BCUT2D eigenvalue weighted by Gasteiger charge is 2.01. The van der Waals surface area contributed by atoms with E-state index in [1.165, 1.54) is 7.11 Å². The number of rotatable bonds is 3. The minimum atomic E-state index is -0.247. The van der Waals surface area contributed by atoms with Crippen molar-refractivity contribution in [1.82, 2.24) is 0 Å². The van der Waals surface area contributed by atoms with Gasteiger partial charge in [-0.3, -0.25) is 4.79 Å². The van der Waals surface area contributed by atoms with Gasteiger partial charge in [0.05, 0.1) is 13.5 Å². The van der Waals surface area contributed by atoms with Crippen LogP contribution in [0.3, 0.4) is 0 Å². The lowest BCUT2D eigenvalue weighted by atomic mass is 10.1. The summed E-state index contributed by atoms with van der Waals surface area (Å²) in [6.45, 7) is 0. The Morgan fingerprint density at radius 1 is 1.38 bits per heavy atom. The van der Waals surface area contributed by atoms with Crippen LogP contribution in [0.2, 0.25) is 0 Å². The van der Waals surface area contributed by atoms with E-state index in [2.05, 4.69) is 11.8 Å². The fourth-order valence-electron chi connectivity index (χ4n) is 0.942. The third kappa shape index (κ3) is 2.78. The van der Waals surface area contributed by atoms with E-state index in [0.717, 1.165) is 5.56 Å². The topological polar surface area (TPSA) is 35.5 Å². The minimum absolute atomic E-state index is 0.247. The number of esters is 1. The molecular weight excluding hydrogens is 168 g/mol. The van der Waals surface area contributed by atoms with Gasteiger partial charge in [-0.1, -0.05) is 12.1 Å². The van der Waals surface area contributed by atoms with Crippen molar-refractivity contribution in [2.45, 2.75) is 6.42 Å². The monoisotopic (exact) mass is 179 g/mol. The van der Waals surface area contributed by atoms with Gasteiger partial charge in [0.2, 0.25) is 0 Å². The number of ether oxygens (including phenoxy) is 2. The second-order valence-corrected chi connectivity index (χ2v) is 2.54. The van der Waals surface area contributed by atoms with Crippen LogP contribution in [0.4, 0.5) is 0 Å². The molecule has 0 fully saturated rings. The second-order valence-electron chi connectivity index (χ2n) is 2.54. The zero-order valence-electron chi connectivity index (χ0n) is 7.45. The summed E-state index contributed by atoms with van der Waals surface area (Å²) in [4.78, 5) is 10.9. The van der Waals surface area contributed by atoms with Crippen molar-refractivity contribution in [2.24, 2.45) is 0 Å². The van der Waals surface area contributed by atoms with Crippen LogP contribution < -0.4 is 4.74 Å². The van der Waals surface area contributed by atoms with E-state index < -0.39 is 0 Å². The van der Waals surface area contributed by atoms with E-state index in [1.54, 1.807) is 24.3 Å². The van der Waals surface area contributed by atoms with Gasteiger partial charge in [-0.2, -0.15) is 0 Å². The first-order chi connectivity index (χ1) is 6.26. The molecule has 3 nitrogen and oxygen atoms in total. The van der Waals surface area contributed by atoms with Crippen molar-refractivity contribution >= 4 is 5.97 Å². The highest BCUT2D eigenvalue weighted by Crippen LogP contribution is 2.12. The number of benzene rings is 1. The molecule has 0 heterocycles.